The second kappa shape index (κ2) is 9.89. The number of carbonyl (C=O) groups is 2. The third-order valence-corrected chi connectivity index (χ3v) is 9.31. The van der Waals surface area contributed by atoms with Crippen LogP contribution in [0.4, 0.5) is 0 Å². The van der Waals surface area contributed by atoms with Gasteiger partial charge >= 0.3 is 0 Å². The molecule has 3 saturated heterocycles. The van der Waals surface area contributed by atoms with Crippen molar-refractivity contribution in [3.63, 3.8) is 0 Å². The van der Waals surface area contributed by atoms with Crippen molar-refractivity contribution in [3.8, 4) is 0 Å². The van der Waals surface area contributed by atoms with Gasteiger partial charge in [0.05, 0.1) is 36.8 Å². The number of rotatable bonds is 5. The van der Waals surface area contributed by atoms with E-state index in [4.69, 9.17) is 4.74 Å². The van der Waals surface area contributed by atoms with E-state index in [1.54, 1.807) is 0 Å². The first-order valence-electron chi connectivity index (χ1n) is 10.7. The predicted octanol–water partition coefficient (Wildman–Crippen LogP) is 0.582. The number of sulfone groups is 1. The van der Waals surface area contributed by atoms with Crippen molar-refractivity contribution in [3.05, 3.63) is 29.8 Å². The monoisotopic (exact) mass is 467 g/mol. The smallest absolute Gasteiger partial charge is 0.255 e. The quantitative estimate of drug-likeness (QED) is 0.626. The van der Waals surface area contributed by atoms with Crippen LogP contribution in [0.5, 0.6) is 0 Å². The minimum Gasteiger partial charge on any atom is -0.378 e. The van der Waals surface area contributed by atoms with Crippen LogP contribution in [0.15, 0.2) is 29.2 Å². The van der Waals surface area contributed by atoms with E-state index in [2.05, 4.69) is 4.90 Å². The standard InChI is InChI=1S/C21H29N3O5S2/c25-20(23-10-12-29-13-11-23)15-22-6-8-24(9-7-22)21(26)18-3-1-2-4-19(18)30-17-5-14-31(27,28)16-17/h1-4,17H,5-16H2/t17-/m1/s1. The number of nitrogens with zero attached hydrogens (tertiary/aromatic N) is 3. The van der Waals surface area contributed by atoms with E-state index in [9.17, 15) is 18.0 Å². The number of hydrogen-bond acceptors (Lipinski definition) is 7. The first kappa shape index (κ1) is 22.6. The molecule has 0 N–H and O–H groups in total. The molecule has 4 rings (SSSR count). The summed E-state index contributed by atoms with van der Waals surface area (Å²) in [5, 5.41) is 0.00185. The molecule has 8 nitrogen and oxygen atoms in total. The number of carbonyl (C=O) groups excluding carboxylic acids is 2. The van der Waals surface area contributed by atoms with E-state index in [1.807, 2.05) is 34.1 Å². The molecule has 1 aromatic carbocycles. The number of hydrogen-bond donors (Lipinski definition) is 0. The van der Waals surface area contributed by atoms with Crippen LogP contribution >= 0.6 is 11.8 Å². The summed E-state index contributed by atoms with van der Waals surface area (Å²) < 4.78 is 28.9. The van der Waals surface area contributed by atoms with Crippen LogP contribution in [0.3, 0.4) is 0 Å². The molecule has 31 heavy (non-hydrogen) atoms. The summed E-state index contributed by atoms with van der Waals surface area (Å²) in [6.07, 6.45) is 0.630. The molecule has 0 saturated carbocycles. The van der Waals surface area contributed by atoms with Crippen LogP contribution in [-0.2, 0) is 19.4 Å². The summed E-state index contributed by atoms with van der Waals surface area (Å²) in [6, 6.07) is 7.46. The van der Waals surface area contributed by atoms with Crippen LogP contribution in [0, 0.1) is 0 Å². The van der Waals surface area contributed by atoms with Crippen LogP contribution in [0.2, 0.25) is 0 Å². The predicted molar refractivity (Wildman–Crippen MR) is 119 cm³/mol. The van der Waals surface area contributed by atoms with E-state index in [-0.39, 0.29) is 28.6 Å². The van der Waals surface area contributed by atoms with Gasteiger partial charge < -0.3 is 14.5 Å². The molecule has 1 aromatic rings. The lowest BCUT2D eigenvalue weighted by Gasteiger charge is -2.36. The largest absolute Gasteiger partial charge is 0.378 e. The van der Waals surface area contributed by atoms with Crippen molar-refractivity contribution in [2.24, 2.45) is 0 Å². The third-order valence-electron chi connectivity index (χ3n) is 5.98. The van der Waals surface area contributed by atoms with Gasteiger partial charge in [-0.25, -0.2) is 8.42 Å². The summed E-state index contributed by atoms with van der Waals surface area (Å²) >= 11 is 1.50. The van der Waals surface area contributed by atoms with Crippen LogP contribution in [-0.4, -0.2) is 111 Å². The zero-order valence-electron chi connectivity index (χ0n) is 17.6. The van der Waals surface area contributed by atoms with E-state index in [0.29, 0.717) is 71.0 Å². The molecule has 3 heterocycles. The van der Waals surface area contributed by atoms with Crippen molar-refractivity contribution in [1.29, 1.82) is 0 Å². The number of piperazine rings is 1. The van der Waals surface area contributed by atoms with Crippen molar-refractivity contribution in [2.45, 2.75) is 16.6 Å². The van der Waals surface area contributed by atoms with Crippen molar-refractivity contribution >= 4 is 33.4 Å². The SMILES string of the molecule is O=C(CN1CCN(C(=O)c2ccccc2S[C@@H]2CCS(=O)(=O)C2)CC1)N1CCOCC1. The highest BCUT2D eigenvalue weighted by Gasteiger charge is 2.31. The molecule has 0 radical (unpaired) electrons. The molecule has 0 aromatic heterocycles. The fourth-order valence-electron chi connectivity index (χ4n) is 4.16. The lowest BCUT2D eigenvalue weighted by atomic mass is 10.1. The molecule has 3 fully saturated rings. The highest BCUT2D eigenvalue weighted by molar-refractivity contribution is 8.02. The van der Waals surface area contributed by atoms with Crippen molar-refractivity contribution in [2.75, 3.05) is 70.5 Å². The van der Waals surface area contributed by atoms with Gasteiger partial charge in [-0.05, 0) is 18.6 Å². The first-order chi connectivity index (χ1) is 14.9. The van der Waals surface area contributed by atoms with Crippen molar-refractivity contribution < 1.29 is 22.7 Å². The fourth-order valence-corrected chi connectivity index (χ4v) is 7.78. The Morgan fingerprint density at radius 1 is 1.00 bits per heavy atom. The van der Waals surface area contributed by atoms with Gasteiger partial charge in [0.25, 0.3) is 5.91 Å². The Morgan fingerprint density at radius 3 is 2.39 bits per heavy atom. The van der Waals surface area contributed by atoms with Gasteiger partial charge in [0.1, 0.15) is 0 Å². The van der Waals surface area contributed by atoms with Crippen molar-refractivity contribution in [1.82, 2.24) is 14.7 Å². The summed E-state index contributed by atoms with van der Waals surface area (Å²) in [5.74, 6) is 0.501. The van der Waals surface area contributed by atoms with E-state index in [1.165, 1.54) is 11.8 Å². The van der Waals surface area contributed by atoms with Crippen LogP contribution < -0.4 is 0 Å². The Labute approximate surface area is 187 Å². The molecule has 0 spiro atoms. The van der Waals surface area contributed by atoms with E-state index < -0.39 is 9.84 Å². The van der Waals surface area contributed by atoms with E-state index in [0.717, 1.165) is 4.90 Å². The molecule has 2 amide bonds. The summed E-state index contributed by atoms with van der Waals surface area (Å²) in [4.78, 5) is 32.3. The maximum atomic E-state index is 13.2. The molecular formula is C21H29N3O5S2. The summed E-state index contributed by atoms with van der Waals surface area (Å²) in [7, 11) is -2.95. The molecule has 10 heteroatoms. The third kappa shape index (κ3) is 5.79. The van der Waals surface area contributed by atoms with Gasteiger partial charge in [-0.2, -0.15) is 0 Å². The second-order valence-corrected chi connectivity index (χ2v) is 11.8. The first-order valence-corrected chi connectivity index (χ1v) is 13.4. The lowest BCUT2D eigenvalue weighted by molar-refractivity contribution is -0.136. The average Bonchev–Trinajstić information content (AvgIpc) is 3.13. The van der Waals surface area contributed by atoms with Gasteiger partial charge in [-0.1, -0.05) is 12.1 Å². The Kier molecular flexibility index (Phi) is 7.20. The Hall–Kier alpha value is -1.62. The molecular weight excluding hydrogens is 438 g/mol. The Balaban J connectivity index is 1.32. The minimum atomic E-state index is -2.95. The second-order valence-electron chi connectivity index (χ2n) is 8.20. The maximum Gasteiger partial charge on any atom is 0.255 e. The zero-order valence-corrected chi connectivity index (χ0v) is 19.2. The molecule has 0 unspecified atom stereocenters. The fraction of sp³-hybridized carbons (Fsp3) is 0.619. The van der Waals surface area contributed by atoms with Gasteiger partial charge in [-0.15, -0.1) is 11.8 Å². The molecule has 0 aliphatic carbocycles. The van der Waals surface area contributed by atoms with Gasteiger partial charge in [-0.3, -0.25) is 14.5 Å². The van der Waals surface area contributed by atoms with Gasteiger partial charge in [0, 0.05) is 49.4 Å². The number of morpholine rings is 1. The number of amides is 2. The van der Waals surface area contributed by atoms with Crippen LogP contribution in [0.25, 0.3) is 0 Å². The Morgan fingerprint density at radius 2 is 1.71 bits per heavy atom. The normalized spacial score (nSPS) is 24.3. The Bertz CT molecular complexity index is 909. The lowest BCUT2D eigenvalue weighted by Crippen LogP contribution is -2.52. The highest BCUT2D eigenvalue weighted by atomic mass is 32.2. The van der Waals surface area contributed by atoms with E-state index >= 15 is 0 Å². The molecule has 0 bridgehead atoms. The molecule has 1 atom stereocenters. The summed E-state index contributed by atoms with van der Waals surface area (Å²) in [6.45, 7) is 5.34. The zero-order chi connectivity index (χ0) is 21.8. The number of benzene rings is 1. The molecule has 3 aliphatic heterocycles. The number of ether oxygens (including phenoxy) is 1. The minimum absolute atomic E-state index is 0.00185. The topological polar surface area (TPSA) is 87.2 Å². The molecule has 170 valence electrons. The number of thioether (sulfide) groups is 1. The highest BCUT2D eigenvalue weighted by Crippen LogP contribution is 2.33. The van der Waals surface area contributed by atoms with Gasteiger partial charge in [0.15, 0.2) is 9.84 Å². The molecule has 3 aliphatic rings. The average molecular weight is 468 g/mol. The van der Waals surface area contributed by atoms with Crippen LogP contribution in [0.1, 0.15) is 16.8 Å². The summed E-state index contributed by atoms with van der Waals surface area (Å²) in [5.41, 5.74) is 0.634. The maximum absolute atomic E-state index is 13.2. The van der Waals surface area contributed by atoms with Gasteiger partial charge in [0.2, 0.25) is 5.91 Å².